The summed E-state index contributed by atoms with van der Waals surface area (Å²) in [5.74, 6) is 1.62. The summed E-state index contributed by atoms with van der Waals surface area (Å²) in [5.41, 5.74) is 2.48. The molecule has 3 aromatic rings. The highest BCUT2D eigenvalue weighted by molar-refractivity contribution is 5.83. The number of para-hydroxylation sites is 1. The van der Waals surface area contributed by atoms with E-state index in [-0.39, 0.29) is 0 Å². The number of hydrogen-bond donors (Lipinski definition) is 3. The summed E-state index contributed by atoms with van der Waals surface area (Å²) in [7, 11) is 0. The third-order valence-corrected chi connectivity index (χ3v) is 3.47. The molecule has 5 nitrogen and oxygen atoms in total. The standard InChI is InChI=1S/C17H19N5/c1-2-8-18-16-10-17(22-12-21-16)19-9-7-13-11-20-15-6-4-3-5-14(13)15/h2-6,10-12,20H,1,7-9H2,(H2,18,19,21,22). The third kappa shape index (κ3) is 3.25. The van der Waals surface area contributed by atoms with Gasteiger partial charge in [0.25, 0.3) is 0 Å². The molecule has 0 atom stereocenters. The molecule has 5 heteroatoms. The van der Waals surface area contributed by atoms with Crippen LogP contribution in [0.5, 0.6) is 0 Å². The van der Waals surface area contributed by atoms with Crippen LogP contribution in [0.2, 0.25) is 0 Å². The fourth-order valence-electron chi connectivity index (χ4n) is 2.39. The van der Waals surface area contributed by atoms with E-state index in [0.29, 0.717) is 6.54 Å². The first-order valence-electron chi connectivity index (χ1n) is 7.32. The highest BCUT2D eigenvalue weighted by Gasteiger charge is 2.03. The minimum Gasteiger partial charge on any atom is -0.370 e. The SMILES string of the molecule is C=CCNc1cc(NCCc2c[nH]c3ccccc23)ncn1. The molecule has 0 fully saturated rings. The number of hydrogen-bond acceptors (Lipinski definition) is 4. The molecular weight excluding hydrogens is 274 g/mol. The maximum absolute atomic E-state index is 4.23. The number of rotatable bonds is 7. The van der Waals surface area contributed by atoms with Crippen molar-refractivity contribution < 1.29 is 0 Å². The van der Waals surface area contributed by atoms with Crippen LogP contribution in [0, 0.1) is 0 Å². The van der Waals surface area contributed by atoms with Crippen LogP contribution >= 0.6 is 0 Å². The van der Waals surface area contributed by atoms with Crippen LogP contribution in [0.15, 0.2) is 55.5 Å². The summed E-state index contributed by atoms with van der Waals surface area (Å²) in [4.78, 5) is 11.7. The molecule has 2 aromatic heterocycles. The summed E-state index contributed by atoms with van der Waals surface area (Å²) in [6, 6.07) is 10.2. The Bertz CT molecular complexity index is 762. The van der Waals surface area contributed by atoms with E-state index >= 15 is 0 Å². The molecule has 3 rings (SSSR count). The van der Waals surface area contributed by atoms with Gasteiger partial charge in [-0.05, 0) is 18.1 Å². The van der Waals surface area contributed by atoms with Crippen LogP contribution < -0.4 is 10.6 Å². The second-order valence-corrected chi connectivity index (χ2v) is 4.99. The van der Waals surface area contributed by atoms with Gasteiger partial charge in [0.05, 0.1) is 0 Å². The number of aromatic amines is 1. The highest BCUT2D eigenvalue weighted by atomic mass is 15.1. The fraction of sp³-hybridized carbons (Fsp3) is 0.176. The Balaban J connectivity index is 1.60. The Morgan fingerprint density at radius 2 is 1.95 bits per heavy atom. The van der Waals surface area contributed by atoms with Gasteiger partial charge in [-0.25, -0.2) is 9.97 Å². The smallest absolute Gasteiger partial charge is 0.131 e. The molecule has 22 heavy (non-hydrogen) atoms. The number of nitrogens with zero attached hydrogens (tertiary/aromatic N) is 2. The topological polar surface area (TPSA) is 65.6 Å². The van der Waals surface area contributed by atoms with Gasteiger partial charge in [-0.3, -0.25) is 0 Å². The molecule has 0 aliphatic carbocycles. The molecule has 0 aliphatic rings. The minimum atomic E-state index is 0.686. The van der Waals surface area contributed by atoms with Crippen molar-refractivity contribution in [1.82, 2.24) is 15.0 Å². The van der Waals surface area contributed by atoms with E-state index in [9.17, 15) is 0 Å². The zero-order valence-corrected chi connectivity index (χ0v) is 12.3. The first-order valence-corrected chi connectivity index (χ1v) is 7.32. The maximum atomic E-state index is 4.23. The second-order valence-electron chi connectivity index (χ2n) is 4.99. The van der Waals surface area contributed by atoms with E-state index < -0.39 is 0 Å². The summed E-state index contributed by atoms with van der Waals surface area (Å²) in [6.07, 6.45) is 6.36. The van der Waals surface area contributed by atoms with E-state index in [1.165, 1.54) is 16.5 Å². The van der Waals surface area contributed by atoms with Crippen molar-refractivity contribution in [2.24, 2.45) is 0 Å². The first kappa shape index (κ1) is 14.1. The normalized spacial score (nSPS) is 10.5. The number of benzene rings is 1. The van der Waals surface area contributed by atoms with Crippen molar-refractivity contribution in [2.75, 3.05) is 23.7 Å². The van der Waals surface area contributed by atoms with E-state index in [0.717, 1.165) is 24.6 Å². The maximum Gasteiger partial charge on any atom is 0.131 e. The van der Waals surface area contributed by atoms with Gasteiger partial charge in [0.2, 0.25) is 0 Å². The molecule has 0 saturated carbocycles. The molecule has 0 saturated heterocycles. The Kier molecular flexibility index (Phi) is 4.34. The molecule has 0 aliphatic heterocycles. The number of aromatic nitrogens is 3. The molecular formula is C17H19N5. The number of fused-ring (bicyclic) bond motifs is 1. The highest BCUT2D eigenvalue weighted by Crippen LogP contribution is 2.18. The Morgan fingerprint density at radius 1 is 1.14 bits per heavy atom. The lowest BCUT2D eigenvalue weighted by Gasteiger charge is -2.07. The van der Waals surface area contributed by atoms with Crippen molar-refractivity contribution in [3.63, 3.8) is 0 Å². The van der Waals surface area contributed by atoms with Crippen molar-refractivity contribution >= 4 is 22.5 Å². The number of anilines is 2. The minimum absolute atomic E-state index is 0.686. The van der Waals surface area contributed by atoms with Crippen LogP contribution in [-0.4, -0.2) is 28.0 Å². The van der Waals surface area contributed by atoms with Gasteiger partial charge in [0, 0.05) is 36.3 Å². The second kappa shape index (κ2) is 6.76. The van der Waals surface area contributed by atoms with E-state index in [1.807, 2.05) is 12.1 Å². The lowest BCUT2D eigenvalue weighted by Crippen LogP contribution is -2.07. The molecule has 2 heterocycles. The fourth-order valence-corrected chi connectivity index (χ4v) is 2.39. The zero-order chi connectivity index (χ0) is 15.2. The summed E-state index contributed by atoms with van der Waals surface area (Å²) < 4.78 is 0. The van der Waals surface area contributed by atoms with Crippen LogP contribution in [-0.2, 0) is 6.42 Å². The third-order valence-electron chi connectivity index (χ3n) is 3.47. The lowest BCUT2D eigenvalue weighted by molar-refractivity contribution is 1.01. The van der Waals surface area contributed by atoms with Crippen LogP contribution in [0.25, 0.3) is 10.9 Å². The van der Waals surface area contributed by atoms with Gasteiger partial charge in [0.15, 0.2) is 0 Å². The lowest BCUT2D eigenvalue weighted by atomic mass is 10.1. The van der Waals surface area contributed by atoms with Gasteiger partial charge < -0.3 is 15.6 Å². The van der Waals surface area contributed by atoms with Gasteiger partial charge in [-0.1, -0.05) is 24.3 Å². The molecule has 0 amide bonds. The first-order chi connectivity index (χ1) is 10.9. The van der Waals surface area contributed by atoms with Crippen LogP contribution in [0.1, 0.15) is 5.56 Å². The monoisotopic (exact) mass is 293 g/mol. The van der Waals surface area contributed by atoms with Gasteiger partial charge in [-0.15, -0.1) is 6.58 Å². The van der Waals surface area contributed by atoms with Crippen molar-refractivity contribution in [3.8, 4) is 0 Å². The average molecular weight is 293 g/mol. The zero-order valence-electron chi connectivity index (χ0n) is 12.3. The summed E-state index contributed by atoms with van der Waals surface area (Å²) >= 11 is 0. The Hall–Kier alpha value is -2.82. The summed E-state index contributed by atoms with van der Waals surface area (Å²) in [6.45, 7) is 5.18. The van der Waals surface area contributed by atoms with E-state index in [2.05, 4.69) is 56.6 Å². The Labute approximate surface area is 129 Å². The van der Waals surface area contributed by atoms with Crippen molar-refractivity contribution in [3.05, 3.63) is 61.1 Å². The summed E-state index contributed by atoms with van der Waals surface area (Å²) in [5, 5.41) is 7.76. The molecule has 0 unspecified atom stereocenters. The van der Waals surface area contributed by atoms with Gasteiger partial charge in [-0.2, -0.15) is 0 Å². The van der Waals surface area contributed by atoms with Crippen LogP contribution in [0.3, 0.4) is 0 Å². The molecule has 112 valence electrons. The quantitative estimate of drug-likeness (QED) is 0.585. The van der Waals surface area contributed by atoms with Gasteiger partial charge in [0.1, 0.15) is 18.0 Å². The van der Waals surface area contributed by atoms with Gasteiger partial charge >= 0.3 is 0 Å². The van der Waals surface area contributed by atoms with E-state index in [1.54, 1.807) is 12.4 Å². The van der Waals surface area contributed by atoms with Crippen molar-refractivity contribution in [2.45, 2.75) is 6.42 Å². The molecule has 0 bridgehead atoms. The van der Waals surface area contributed by atoms with E-state index in [4.69, 9.17) is 0 Å². The molecule has 0 radical (unpaired) electrons. The van der Waals surface area contributed by atoms with Crippen molar-refractivity contribution in [1.29, 1.82) is 0 Å². The number of H-pyrrole nitrogens is 1. The van der Waals surface area contributed by atoms with Crippen LogP contribution in [0.4, 0.5) is 11.6 Å². The number of nitrogens with one attached hydrogen (secondary N) is 3. The Morgan fingerprint density at radius 3 is 2.82 bits per heavy atom. The predicted octanol–water partition coefficient (Wildman–Crippen LogP) is 3.21. The molecule has 1 aromatic carbocycles. The average Bonchev–Trinajstić information content (AvgIpc) is 2.97. The molecule has 0 spiro atoms. The largest absolute Gasteiger partial charge is 0.370 e. The predicted molar refractivity (Wildman–Crippen MR) is 91.2 cm³/mol. The molecule has 3 N–H and O–H groups in total.